The smallest absolute Gasteiger partial charge is 0.0952 e. The van der Waals surface area contributed by atoms with Gasteiger partial charge in [-0.25, -0.2) is 5.43 Å². The quantitative estimate of drug-likeness (QED) is 0.480. The molecule has 3 N–H and O–H groups in total. The summed E-state index contributed by atoms with van der Waals surface area (Å²) in [5.41, 5.74) is 3.83. The van der Waals surface area contributed by atoms with Gasteiger partial charge in [-0.2, -0.15) is 0 Å². The third-order valence-electron chi connectivity index (χ3n) is 3.95. The Bertz CT molecular complexity index is 330. The number of hydrazine groups is 1. The van der Waals surface area contributed by atoms with Gasteiger partial charge in [0.2, 0.25) is 0 Å². The molecule has 0 saturated heterocycles. The van der Waals surface area contributed by atoms with Crippen LogP contribution in [0.1, 0.15) is 57.1 Å². The van der Waals surface area contributed by atoms with Crippen LogP contribution in [0.25, 0.3) is 0 Å². The first-order valence-electron chi connectivity index (χ1n) is 6.94. The Labute approximate surface area is 109 Å². The van der Waals surface area contributed by atoms with Gasteiger partial charge >= 0.3 is 0 Å². The summed E-state index contributed by atoms with van der Waals surface area (Å²) in [6, 6.07) is 1.98. The minimum absolute atomic E-state index is 0.00861. The second kappa shape index (κ2) is 6.36. The summed E-state index contributed by atoms with van der Waals surface area (Å²) in [5.74, 6) is 5.79. The second-order valence-electron chi connectivity index (χ2n) is 5.07. The standard InChI is InChI=1S/C14H24N2O2/c1-2-18-14(8-5-3-4-6-9-14)13(16-15)12-7-10-17-11-12/h7,10-11,13,16H,2-6,8-9,15H2,1H3. The average Bonchev–Trinajstić information content (AvgIpc) is 2.78. The number of ether oxygens (including phenoxy) is 1. The van der Waals surface area contributed by atoms with Crippen LogP contribution in [0.5, 0.6) is 0 Å². The molecule has 1 aliphatic rings. The van der Waals surface area contributed by atoms with Crippen molar-refractivity contribution in [2.45, 2.75) is 57.1 Å². The van der Waals surface area contributed by atoms with E-state index in [9.17, 15) is 0 Å². The van der Waals surface area contributed by atoms with E-state index in [1.54, 1.807) is 12.5 Å². The lowest BCUT2D eigenvalue weighted by Gasteiger charge is -2.39. The van der Waals surface area contributed by atoms with Gasteiger partial charge in [0.1, 0.15) is 0 Å². The highest BCUT2D eigenvalue weighted by molar-refractivity contribution is 5.17. The Kier molecular flexibility index (Phi) is 4.80. The molecule has 0 bridgehead atoms. The van der Waals surface area contributed by atoms with Gasteiger partial charge in [-0.1, -0.05) is 25.7 Å². The summed E-state index contributed by atoms with van der Waals surface area (Å²) in [7, 11) is 0. The maximum Gasteiger partial charge on any atom is 0.0952 e. The topological polar surface area (TPSA) is 60.4 Å². The third-order valence-corrected chi connectivity index (χ3v) is 3.95. The van der Waals surface area contributed by atoms with Crippen molar-refractivity contribution < 1.29 is 9.15 Å². The molecular weight excluding hydrogens is 228 g/mol. The molecule has 0 radical (unpaired) electrons. The van der Waals surface area contributed by atoms with Crippen LogP contribution >= 0.6 is 0 Å². The zero-order valence-electron chi connectivity index (χ0n) is 11.2. The van der Waals surface area contributed by atoms with Gasteiger partial charge in [0.05, 0.1) is 24.2 Å². The van der Waals surface area contributed by atoms with E-state index in [1.807, 2.05) is 6.07 Å². The molecule has 1 aromatic rings. The van der Waals surface area contributed by atoms with Gasteiger partial charge in [0.25, 0.3) is 0 Å². The SMILES string of the molecule is CCOC1(C(NN)c2ccoc2)CCCCCC1. The molecule has 18 heavy (non-hydrogen) atoms. The highest BCUT2D eigenvalue weighted by Crippen LogP contribution is 2.40. The molecule has 4 nitrogen and oxygen atoms in total. The van der Waals surface area contributed by atoms with Crippen LogP contribution < -0.4 is 11.3 Å². The maximum atomic E-state index is 6.14. The number of hydrogen-bond acceptors (Lipinski definition) is 4. The molecule has 0 aromatic carbocycles. The van der Waals surface area contributed by atoms with Crippen LogP contribution in [0.4, 0.5) is 0 Å². The van der Waals surface area contributed by atoms with Crippen molar-refractivity contribution in [2.24, 2.45) is 5.84 Å². The van der Waals surface area contributed by atoms with Crippen molar-refractivity contribution in [1.29, 1.82) is 0 Å². The Hall–Kier alpha value is -0.840. The molecule has 1 aliphatic carbocycles. The number of rotatable bonds is 5. The van der Waals surface area contributed by atoms with Gasteiger partial charge in [-0.3, -0.25) is 5.84 Å². The Morgan fingerprint density at radius 1 is 1.39 bits per heavy atom. The number of nitrogens with one attached hydrogen (secondary N) is 1. The summed E-state index contributed by atoms with van der Waals surface area (Å²) in [6.07, 6.45) is 10.6. The first-order chi connectivity index (χ1) is 8.82. The molecule has 0 amide bonds. The van der Waals surface area contributed by atoms with E-state index in [-0.39, 0.29) is 11.6 Å². The Morgan fingerprint density at radius 2 is 2.11 bits per heavy atom. The molecular formula is C14H24N2O2. The molecule has 1 saturated carbocycles. The lowest BCUT2D eigenvalue weighted by Crippen LogP contribution is -2.48. The van der Waals surface area contributed by atoms with E-state index in [0.29, 0.717) is 0 Å². The largest absolute Gasteiger partial charge is 0.472 e. The van der Waals surface area contributed by atoms with Crippen LogP contribution in [-0.4, -0.2) is 12.2 Å². The lowest BCUT2D eigenvalue weighted by molar-refractivity contribution is -0.0783. The minimum atomic E-state index is -0.191. The van der Waals surface area contributed by atoms with E-state index >= 15 is 0 Å². The van der Waals surface area contributed by atoms with E-state index < -0.39 is 0 Å². The normalized spacial score (nSPS) is 21.4. The summed E-state index contributed by atoms with van der Waals surface area (Å²) in [4.78, 5) is 0. The highest BCUT2D eigenvalue weighted by Gasteiger charge is 2.40. The maximum absolute atomic E-state index is 6.14. The lowest BCUT2D eigenvalue weighted by atomic mass is 9.83. The Balaban J connectivity index is 2.25. The summed E-state index contributed by atoms with van der Waals surface area (Å²) < 4.78 is 11.3. The molecule has 1 heterocycles. The molecule has 0 spiro atoms. The van der Waals surface area contributed by atoms with Crippen molar-refractivity contribution >= 4 is 0 Å². The third kappa shape index (κ3) is 2.76. The van der Waals surface area contributed by atoms with Crippen molar-refractivity contribution in [1.82, 2.24) is 5.43 Å². The summed E-state index contributed by atoms with van der Waals surface area (Å²) in [5, 5.41) is 0. The molecule has 1 unspecified atom stereocenters. The zero-order valence-corrected chi connectivity index (χ0v) is 11.2. The van der Waals surface area contributed by atoms with E-state index in [2.05, 4.69) is 12.3 Å². The fraction of sp³-hybridized carbons (Fsp3) is 0.714. The van der Waals surface area contributed by atoms with Crippen molar-refractivity contribution in [3.05, 3.63) is 24.2 Å². The van der Waals surface area contributed by atoms with E-state index in [4.69, 9.17) is 15.0 Å². The number of hydrogen-bond donors (Lipinski definition) is 2. The average molecular weight is 252 g/mol. The van der Waals surface area contributed by atoms with Crippen LogP contribution in [-0.2, 0) is 4.74 Å². The van der Waals surface area contributed by atoms with Crippen molar-refractivity contribution in [3.8, 4) is 0 Å². The fourth-order valence-corrected chi connectivity index (χ4v) is 3.12. The molecule has 1 atom stereocenters. The molecule has 4 heteroatoms. The van der Waals surface area contributed by atoms with Crippen molar-refractivity contribution in [2.75, 3.05) is 6.61 Å². The molecule has 0 aliphatic heterocycles. The van der Waals surface area contributed by atoms with Crippen LogP contribution in [0.3, 0.4) is 0 Å². The van der Waals surface area contributed by atoms with Gasteiger partial charge in [-0.05, 0) is 25.8 Å². The molecule has 1 aromatic heterocycles. The molecule has 1 fully saturated rings. The Morgan fingerprint density at radius 3 is 2.61 bits per heavy atom. The van der Waals surface area contributed by atoms with Gasteiger partial charge in [0.15, 0.2) is 0 Å². The van der Waals surface area contributed by atoms with E-state index in [1.165, 1.54) is 25.7 Å². The molecule has 102 valence electrons. The summed E-state index contributed by atoms with van der Waals surface area (Å²) in [6.45, 7) is 2.77. The van der Waals surface area contributed by atoms with E-state index in [0.717, 1.165) is 25.0 Å². The van der Waals surface area contributed by atoms with Gasteiger partial charge in [-0.15, -0.1) is 0 Å². The minimum Gasteiger partial charge on any atom is -0.472 e. The highest BCUT2D eigenvalue weighted by atomic mass is 16.5. The molecule has 2 rings (SSSR count). The fourth-order valence-electron chi connectivity index (χ4n) is 3.12. The van der Waals surface area contributed by atoms with Crippen LogP contribution in [0.15, 0.2) is 23.0 Å². The number of nitrogens with two attached hydrogens (primary N) is 1. The predicted molar refractivity (Wildman–Crippen MR) is 70.8 cm³/mol. The van der Waals surface area contributed by atoms with Crippen LogP contribution in [0.2, 0.25) is 0 Å². The van der Waals surface area contributed by atoms with Gasteiger partial charge in [0, 0.05) is 12.2 Å². The number of furan rings is 1. The first-order valence-corrected chi connectivity index (χ1v) is 6.94. The zero-order chi connectivity index (χ0) is 12.8. The van der Waals surface area contributed by atoms with Crippen molar-refractivity contribution in [3.63, 3.8) is 0 Å². The van der Waals surface area contributed by atoms with Gasteiger partial charge < -0.3 is 9.15 Å². The second-order valence-corrected chi connectivity index (χ2v) is 5.07. The first kappa shape index (κ1) is 13.6. The summed E-state index contributed by atoms with van der Waals surface area (Å²) >= 11 is 0. The monoisotopic (exact) mass is 252 g/mol. The predicted octanol–water partition coefficient (Wildman–Crippen LogP) is 2.91. The van der Waals surface area contributed by atoms with Crippen LogP contribution in [0, 0.1) is 0 Å².